The van der Waals surface area contributed by atoms with Gasteiger partial charge in [0.15, 0.2) is 0 Å². The van der Waals surface area contributed by atoms with Gasteiger partial charge in [0, 0.05) is 11.4 Å². The number of benzene rings is 2. The fraction of sp³-hybridized carbons (Fsp3) is 0.364. The van der Waals surface area contributed by atoms with Crippen molar-refractivity contribution in [2.24, 2.45) is 0 Å². The van der Waals surface area contributed by atoms with Crippen molar-refractivity contribution in [3.8, 4) is 0 Å². The Kier molecular flexibility index (Phi) is 5.05. The summed E-state index contributed by atoms with van der Waals surface area (Å²) in [5.74, 6) is -0.116. The third-order valence-electron chi connectivity index (χ3n) is 5.65. The highest BCUT2D eigenvalue weighted by Crippen LogP contribution is 2.37. The molecule has 0 bridgehead atoms. The number of nitrogens with one attached hydrogen (secondary N) is 2. The van der Waals surface area contributed by atoms with E-state index in [9.17, 15) is 9.59 Å². The molecule has 0 saturated carbocycles. The molecule has 4 rings (SSSR count). The SMILES string of the molecule is Cc1cccc(NC(=O)CN2CN(c3ccccc3)C3(CCNCC3)C2=O)c1. The van der Waals surface area contributed by atoms with Crippen LogP contribution in [-0.2, 0) is 9.59 Å². The van der Waals surface area contributed by atoms with Crippen LogP contribution in [0.3, 0.4) is 0 Å². The highest BCUT2D eigenvalue weighted by Gasteiger charge is 2.53. The van der Waals surface area contributed by atoms with Crippen molar-refractivity contribution in [2.45, 2.75) is 25.3 Å². The van der Waals surface area contributed by atoms with Gasteiger partial charge in [-0.15, -0.1) is 0 Å². The molecule has 0 unspecified atom stereocenters. The molecular formula is C22H26N4O2. The lowest BCUT2D eigenvalue weighted by Crippen LogP contribution is -2.55. The standard InChI is InChI=1S/C22H26N4O2/c1-17-6-5-7-18(14-17)24-20(27)15-25-16-26(19-8-3-2-4-9-19)22(21(25)28)10-12-23-13-11-22/h2-9,14,23H,10-13,15-16H2,1H3,(H,24,27). The maximum Gasteiger partial charge on any atom is 0.250 e. The molecule has 2 fully saturated rings. The van der Waals surface area contributed by atoms with Gasteiger partial charge in [-0.1, -0.05) is 30.3 Å². The van der Waals surface area contributed by atoms with Gasteiger partial charge < -0.3 is 20.4 Å². The number of piperidine rings is 1. The van der Waals surface area contributed by atoms with Gasteiger partial charge in [0.2, 0.25) is 11.8 Å². The highest BCUT2D eigenvalue weighted by molar-refractivity contribution is 5.99. The van der Waals surface area contributed by atoms with E-state index in [1.807, 2.05) is 61.5 Å². The zero-order valence-corrected chi connectivity index (χ0v) is 16.1. The summed E-state index contributed by atoms with van der Waals surface area (Å²) in [5, 5.41) is 6.26. The van der Waals surface area contributed by atoms with Gasteiger partial charge in [0.1, 0.15) is 12.1 Å². The maximum atomic E-state index is 13.4. The minimum absolute atomic E-state index is 0.0530. The minimum Gasteiger partial charge on any atom is -0.339 e. The Morgan fingerprint density at radius 1 is 1.11 bits per heavy atom. The molecule has 146 valence electrons. The number of carbonyl (C=O) groups is 2. The van der Waals surface area contributed by atoms with Crippen molar-refractivity contribution in [3.63, 3.8) is 0 Å². The molecule has 2 heterocycles. The molecule has 2 aliphatic rings. The van der Waals surface area contributed by atoms with Gasteiger partial charge in [-0.25, -0.2) is 0 Å². The number of aryl methyl sites for hydroxylation is 1. The van der Waals surface area contributed by atoms with Gasteiger partial charge in [-0.2, -0.15) is 0 Å². The van der Waals surface area contributed by atoms with Crippen LogP contribution in [0.5, 0.6) is 0 Å². The predicted molar refractivity (Wildman–Crippen MR) is 110 cm³/mol. The largest absolute Gasteiger partial charge is 0.339 e. The maximum absolute atomic E-state index is 13.4. The first-order valence-corrected chi connectivity index (χ1v) is 9.78. The molecule has 0 radical (unpaired) electrons. The lowest BCUT2D eigenvalue weighted by molar-refractivity contribution is -0.135. The number of anilines is 2. The number of para-hydroxylation sites is 1. The molecule has 2 amide bonds. The van der Waals surface area contributed by atoms with Crippen LogP contribution in [0.1, 0.15) is 18.4 Å². The summed E-state index contributed by atoms with van der Waals surface area (Å²) in [6, 6.07) is 17.7. The molecule has 2 aromatic rings. The lowest BCUT2D eigenvalue weighted by Gasteiger charge is -2.40. The second-order valence-corrected chi connectivity index (χ2v) is 7.61. The smallest absolute Gasteiger partial charge is 0.250 e. The predicted octanol–water partition coefficient (Wildman–Crippen LogP) is 2.36. The monoisotopic (exact) mass is 378 g/mol. The normalized spacial score (nSPS) is 18.5. The first kappa shape index (κ1) is 18.5. The number of nitrogens with zero attached hydrogens (tertiary/aromatic N) is 2. The summed E-state index contributed by atoms with van der Waals surface area (Å²) < 4.78 is 0. The Morgan fingerprint density at radius 2 is 1.86 bits per heavy atom. The summed E-state index contributed by atoms with van der Waals surface area (Å²) in [4.78, 5) is 29.8. The van der Waals surface area contributed by atoms with E-state index < -0.39 is 5.54 Å². The van der Waals surface area contributed by atoms with E-state index in [1.54, 1.807) is 4.90 Å². The molecular weight excluding hydrogens is 352 g/mol. The molecule has 6 heteroatoms. The summed E-state index contributed by atoms with van der Waals surface area (Å²) in [6.45, 7) is 4.09. The molecule has 2 aromatic carbocycles. The van der Waals surface area contributed by atoms with Crippen LogP contribution in [0.15, 0.2) is 54.6 Å². The number of rotatable bonds is 4. The van der Waals surface area contributed by atoms with Gasteiger partial charge in [0.25, 0.3) is 0 Å². The van der Waals surface area contributed by atoms with Crippen LogP contribution in [0, 0.1) is 6.92 Å². The number of hydrogen-bond acceptors (Lipinski definition) is 4. The zero-order chi connectivity index (χ0) is 19.6. The first-order chi connectivity index (χ1) is 13.6. The first-order valence-electron chi connectivity index (χ1n) is 9.78. The quantitative estimate of drug-likeness (QED) is 0.857. The zero-order valence-electron chi connectivity index (χ0n) is 16.1. The molecule has 2 aliphatic heterocycles. The Hall–Kier alpha value is -2.86. The third kappa shape index (κ3) is 3.47. The average Bonchev–Trinajstić information content (AvgIpc) is 2.95. The highest BCUT2D eigenvalue weighted by atomic mass is 16.2. The van der Waals surface area contributed by atoms with Gasteiger partial charge in [-0.3, -0.25) is 9.59 Å². The average molecular weight is 378 g/mol. The van der Waals surface area contributed by atoms with Crippen molar-refractivity contribution in [2.75, 3.05) is 36.5 Å². The Labute approximate surface area is 165 Å². The molecule has 1 spiro atoms. The number of carbonyl (C=O) groups excluding carboxylic acids is 2. The Bertz CT molecular complexity index is 862. The lowest BCUT2D eigenvalue weighted by atomic mass is 9.86. The Balaban J connectivity index is 1.53. The van der Waals surface area contributed by atoms with E-state index >= 15 is 0 Å². The van der Waals surface area contributed by atoms with Crippen LogP contribution in [0.4, 0.5) is 11.4 Å². The van der Waals surface area contributed by atoms with Crippen LogP contribution < -0.4 is 15.5 Å². The second-order valence-electron chi connectivity index (χ2n) is 7.61. The Morgan fingerprint density at radius 3 is 2.57 bits per heavy atom. The van der Waals surface area contributed by atoms with Crippen LogP contribution in [-0.4, -0.2) is 48.6 Å². The van der Waals surface area contributed by atoms with Crippen molar-refractivity contribution >= 4 is 23.2 Å². The van der Waals surface area contributed by atoms with E-state index in [2.05, 4.69) is 15.5 Å². The number of hydrogen-bond donors (Lipinski definition) is 2. The third-order valence-corrected chi connectivity index (χ3v) is 5.65. The summed E-state index contributed by atoms with van der Waals surface area (Å²) in [7, 11) is 0. The summed E-state index contributed by atoms with van der Waals surface area (Å²) in [6.07, 6.45) is 1.49. The fourth-order valence-electron chi connectivity index (χ4n) is 4.26. The van der Waals surface area contributed by atoms with Crippen LogP contribution in [0.2, 0.25) is 0 Å². The van der Waals surface area contributed by atoms with Crippen molar-refractivity contribution in [3.05, 3.63) is 60.2 Å². The van der Waals surface area contributed by atoms with E-state index in [4.69, 9.17) is 0 Å². The fourth-order valence-corrected chi connectivity index (χ4v) is 4.26. The second kappa shape index (κ2) is 7.64. The van der Waals surface area contributed by atoms with E-state index in [1.165, 1.54) is 0 Å². The summed E-state index contributed by atoms with van der Waals surface area (Å²) in [5.41, 5.74) is 2.31. The van der Waals surface area contributed by atoms with Crippen LogP contribution >= 0.6 is 0 Å². The van der Waals surface area contributed by atoms with E-state index in [0.29, 0.717) is 6.67 Å². The van der Waals surface area contributed by atoms with Crippen molar-refractivity contribution in [1.82, 2.24) is 10.2 Å². The number of amides is 2. The van der Waals surface area contributed by atoms with Crippen LogP contribution in [0.25, 0.3) is 0 Å². The van der Waals surface area contributed by atoms with E-state index in [-0.39, 0.29) is 18.4 Å². The van der Waals surface area contributed by atoms with Gasteiger partial charge in [-0.05, 0) is 62.7 Å². The molecule has 0 aromatic heterocycles. The molecule has 6 nitrogen and oxygen atoms in total. The minimum atomic E-state index is -0.559. The van der Waals surface area contributed by atoms with Gasteiger partial charge >= 0.3 is 0 Å². The topological polar surface area (TPSA) is 64.7 Å². The molecule has 2 N–H and O–H groups in total. The van der Waals surface area contributed by atoms with Gasteiger partial charge in [0.05, 0.1) is 6.67 Å². The molecule has 28 heavy (non-hydrogen) atoms. The van der Waals surface area contributed by atoms with Crippen molar-refractivity contribution in [1.29, 1.82) is 0 Å². The molecule has 2 saturated heterocycles. The summed E-state index contributed by atoms with van der Waals surface area (Å²) >= 11 is 0. The van der Waals surface area contributed by atoms with Crippen molar-refractivity contribution < 1.29 is 9.59 Å². The van der Waals surface area contributed by atoms with E-state index in [0.717, 1.165) is 42.9 Å². The molecule has 0 atom stereocenters. The molecule has 0 aliphatic carbocycles.